The summed E-state index contributed by atoms with van der Waals surface area (Å²) >= 11 is 0. The molecule has 2 heterocycles. The summed E-state index contributed by atoms with van der Waals surface area (Å²) in [5, 5.41) is 5.78. The van der Waals surface area contributed by atoms with Crippen LogP contribution in [0.2, 0.25) is 0 Å². The fourth-order valence-electron chi connectivity index (χ4n) is 4.37. The average Bonchev–Trinajstić information content (AvgIpc) is 3.35. The Balaban J connectivity index is 1.53. The molecule has 2 N–H and O–H groups in total. The molecule has 1 aromatic heterocycles. The summed E-state index contributed by atoms with van der Waals surface area (Å²) < 4.78 is 7.30. The zero-order valence-corrected chi connectivity index (χ0v) is 22.5. The summed E-state index contributed by atoms with van der Waals surface area (Å²) in [5.41, 5.74) is 3.84. The van der Waals surface area contributed by atoms with Crippen molar-refractivity contribution in [2.75, 3.05) is 57.8 Å². The lowest BCUT2D eigenvalue weighted by Gasteiger charge is -2.29. The number of hydrogen-bond donors (Lipinski definition) is 2. The van der Waals surface area contributed by atoms with E-state index in [2.05, 4.69) is 41.5 Å². The van der Waals surface area contributed by atoms with Crippen LogP contribution in [0, 0.1) is 0 Å². The van der Waals surface area contributed by atoms with Crippen LogP contribution in [0.25, 0.3) is 16.9 Å². The number of urea groups is 1. The minimum atomic E-state index is -0.302. The lowest BCUT2D eigenvalue weighted by molar-refractivity contribution is -0.116. The fourth-order valence-corrected chi connectivity index (χ4v) is 4.37. The number of imidazole rings is 1. The van der Waals surface area contributed by atoms with Crippen molar-refractivity contribution >= 4 is 17.9 Å². The summed E-state index contributed by atoms with van der Waals surface area (Å²) in [5.74, 6) is 0.530. The Morgan fingerprint density at radius 3 is 2.42 bits per heavy atom. The lowest BCUT2D eigenvalue weighted by atomic mass is 10.0. The van der Waals surface area contributed by atoms with Crippen molar-refractivity contribution in [3.63, 3.8) is 0 Å². The Morgan fingerprint density at radius 2 is 1.76 bits per heavy atom. The number of nitrogens with zero attached hydrogens (tertiary/aromatic N) is 4. The minimum Gasteiger partial charge on any atom is -0.379 e. The van der Waals surface area contributed by atoms with Gasteiger partial charge >= 0.3 is 6.03 Å². The van der Waals surface area contributed by atoms with E-state index in [1.54, 1.807) is 4.90 Å². The van der Waals surface area contributed by atoms with Crippen molar-refractivity contribution in [3.8, 4) is 16.9 Å². The van der Waals surface area contributed by atoms with Crippen molar-refractivity contribution in [3.05, 3.63) is 66.4 Å². The number of carbonyl (C=O) groups is 2. The summed E-state index contributed by atoms with van der Waals surface area (Å²) in [7, 11) is 0. The molecule has 0 radical (unpaired) electrons. The topological polar surface area (TPSA) is 91.7 Å². The smallest absolute Gasteiger partial charge is 0.317 e. The van der Waals surface area contributed by atoms with Gasteiger partial charge in [0.1, 0.15) is 6.54 Å². The first-order valence-electron chi connectivity index (χ1n) is 13.3. The molecule has 2 aromatic carbocycles. The SMILES string of the molecule is CCNC(=O)N(CCN1CCOCC1)CC(=O)Nc1nc(-c2ccccc2)cn1-c1ccc(C(C)C)cc1. The number of nitrogens with one attached hydrogen (secondary N) is 2. The first-order valence-corrected chi connectivity index (χ1v) is 13.3. The van der Waals surface area contributed by atoms with E-state index in [-0.39, 0.29) is 18.5 Å². The molecule has 3 aromatic rings. The van der Waals surface area contributed by atoms with Gasteiger partial charge in [0.05, 0.1) is 18.9 Å². The van der Waals surface area contributed by atoms with Gasteiger partial charge in [-0.05, 0) is 30.5 Å². The molecule has 1 aliphatic rings. The predicted molar refractivity (Wildman–Crippen MR) is 150 cm³/mol. The van der Waals surface area contributed by atoms with Crippen LogP contribution in [0.4, 0.5) is 10.7 Å². The maximum atomic E-state index is 13.2. The molecule has 4 rings (SSSR count). The molecule has 3 amide bonds. The van der Waals surface area contributed by atoms with Gasteiger partial charge in [0.25, 0.3) is 0 Å². The minimum absolute atomic E-state index is 0.0734. The van der Waals surface area contributed by atoms with E-state index >= 15 is 0 Å². The van der Waals surface area contributed by atoms with Crippen LogP contribution in [0.5, 0.6) is 0 Å². The quantitative estimate of drug-likeness (QED) is 0.424. The molecule has 0 aliphatic carbocycles. The van der Waals surface area contributed by atoms with E-state index in [9.17, 15) is 9.59 Å². The third-order valence-electron chi connectivity index (χ3n) is 6.60. The highest BCUT2D eigenvalue weighted by atomic mass is 16.5. The zero-order chi connectivity index (χ0) is 26.9. The van der Waals surface area contributed by atoms with Crippen LogP contribution in [-0.4, -0.2) is 83.8 Å². The third-order valence-corrected chi connectivity index (χ3v) is 6.60. The molecule has 9 nitrogen and oxygen atoms in total. The lowest BCUT2D eigenvalue weighted by Crippen LogP contribution is -2.48. The van der Waals surface area contributed by atoms with Crippen LogP contribution >= 0.6 is 0 Å². The zero-order valence-electron chi connectivity index (χ0n) is 22.5. The monoisotopic (exact) mass is 518 g/mol. The Labute approximate surface area is 224 Å². The number of hydrogen-bond acceptors (Lipinski definition) is 5. The van der Waals surface area contributed by atoms with E-state index in [1.165, 1.54) is 5.56 Å². The van der Waals surface area contributed by atoms with E-state index in [0.29, 0.717) is 44.7 Å². The second-order valence-corrected chi connectivity index (χ2v) is 9.69. The molecule has 0 saturated carbocycles. The number of ether oxygens (including phenoxy) is 1. The van der Waals surface area contributed by atoms with Crippen LogP contribution < -0.4 is 10.6 Å². The van der Waals surface area contributed by atoms with Crippen LogP contribution in [0.15, 0.2) is 60.8 Å². The number of benzene rings is 2. The van der Waals surface area contributed by atoms with Gasteiger partial charge in [-0.1, -0.05) is 56.3 Å². The summed E-state index contributed by atoms with van der Waals surface area (Å²) in [4.78, 5) is 34.5. The predicted octanol–water partition coefficient (Wildman–Crippen LogP) is 3.96. The van der Waals surface area contributed by atoms with Gasteiger partial charge in [-0.2, -0.15) is 0 Å². The van der Waals surface area contributed by atoms with E-state index < -0.39 is 0 Å². The highest BCUT2D eigenvalue weighted by Crippen LogP contribution is 2.25. The first kappa shape index (κ1) is 27.3. The largest absolute Gasteiger partial charge is 0.379 e. The Hall–Kier alpha value is -3.69. The maximum absolute atomic E-state index is 13.2. The van der Waals surface area contributed by atoms with Gasteiger partial charge in [-0.15, -0.1) is 0 Å². The summed E-state index contributed by atoms with van der Waals surface area (Å²) in [6, 6.07) is 17.9. The second kappa shape index (κ2) is 13.2. The van der Waals surface area contributed by atoms with Gasteiger partial charge in [0.15, 0.2) is 0 Å². The van der Waals surface area contributed by atoms with Crippen molar-refractivity contribution in [1.82, 2.24) is 24.7 Å². The number of rotatable bonds is 10. The normalized spacial score (nSPS) is 13.9. The molecule has 0 unspecified atom stereocenters. The van der Waals surface area contributed by atoms with Crippen molar-refractivity contribution < 1.29 is 14.3 Å². The van der Waals surface area contributed by atoms with Gasteiger partial charge in [0, 0.05) is 50.2 Å². The first-order chi connectivity index (χ1) is 18.4. The van der Waals surface area contributed by atoms with E-state index in [0.717, 1.165) is 30.0 Å². The Bertz CT molecular complexity index is 1190. The molecule has 1 saturated heterocycles. The molecule has 1 aliphatic heterocycles. The molecule has 1 fully saturated rings. The maximum Gasteiger partial charge on any atom is 0.317 e. The van der Waals surface area contributed by atoms with Crippen molar-refractivity contribution in [2.45, 2.75) is 26.7 Å². The molecular formula is C29H38N6O3. The number of anilines is 1. The standard InChI is InChI=1S/C29H38N6O3/c1-4-30-29(37)34(15-14-33-16-18-38-19-17-33)21-27(36)32-28-31-26(24-8-6-5-7-9-24)20-35(28)25-12-10-23(11-13-25)22(2)3/h5-13,20,22H,4,14-19,21H2,1-3H3,(H,30,37)(H,31,32,36). The second-order valence-electron chi connectivity index (χ2n) is 9.69. The molecular weight excluding hydrogens is 480 g/mol. The van der Waals surface area contributed by atoms with Gasteiger partial charge in [0.2, 0.25) is 11.9 Å². The van der Waals surface area contributed by atoms with Crippen LogP contribution in [0.1, 0.15) is 32.3 Å². The van der Waals surface area contributed by atoms with Crippen LogP contribution in [-0.2, 0) is 9.53 Å². The van der Waals surface area contributed by atoms with Gasteiger partial charge < -0.3 is 15.0 Å². The molecule has 202 valence electrons. The number of carbonyl (C=O) groups excluding carboxylic acids is 2. The number of amides is 3. The van der Waals surface area contributed by atoms with Crippen molar-refractivity contribution in [1.29, 1.82) is 0 Å². The highest BCUT2D eigenvalue weighted by molar-refractivity contribution is 5.93. The average molecular weight is 519 g/mol. The number of aromatic nitrogens is 2. The summed E-state index contributed by atoms with van der Waals surface area (Å²) in [6.07, 6.45) is 1.93. The van der Waals surface area contributed by atoms with E-state index in [1.807, 2.05) is 60.2 Å². The molecule has 38 heavy (non-hydrogen) atoms. The molecule has 9 heteroatoms. The summed E-state index contributed by atoms with van der Waals surface area (Å²) in [6.45, 7) is 10.7. The van der Waals surface area contributed by atoms with Crippen molar-refractivity contribution in [2.24, 2.45) is 0 Å². The molecule has 0 bridgehead atoms. The Kier molecular flexibility index (Phi) is 9.51. The molecule has 0 spiro atoms. The van der Waals surface area contributed by atoms with Crippen LogP contribution in [0.3, 0.4) is 0 Å². The van der Waals surface area contributed by atoms with Gasteiger partial charge in [-0.3, -0.25) is 19.6 Å². The van der Waals surface area contributed by atoms with Gasteiger partial charge in [-0.25, -0.2) is 9.78 Å². The number of morpholine rings is 1. The highest BCUT2D eigenvalue weighted by Gasteiger charge is 2.21. The van der Waals surface area contributed by atoms with E-state index in [4.69, 9.17) is 9.72 Å². The fraction of sp³-hybridized carbons (Fsp3) is 0.414. The third kappa shape index (κ3) is 7.20. The molecule has 0 atom stereocenters. The Morgan fingerprint density at radius 1 is 1.05 bits per heavy atom.